The Kier molecular flexibility index (Phi) is 3.63. The lowest BCUT2D eigenvalue weighted by atomic mass is 10.1. The van der Waals surface area contributed by atoms with Crippen LogP contribution in [0.25, 0.3) is 5.95 Å². The number of primary amides is 1. The van der Waals surface area contributed by atoms with Gasteiger partial charge in [0.05, 0.1) is 12.7 Å². The van der Waals surface area contributed by atoms with Crippen molar-refractivity contribution >= 4 is 23.3 Å². The highest BCUT2D eigenvalue weighted by atomic mass is 16.2. The van der Waals surface area contributed by atoms with Gasteiger partial charge in [0.15, 0.2) is 5.82 Å². The highest BCUT2D eigenvalue weighted by Crippen LogP contribution is 2.36. The molecule has 2 aromatic heterocycles. The van der Waals surface area contributed by atoms with Crippen molar-refractivity contribution in [2.45, 2.75) is 31.7 Å². The molecule has 3 heterocycles. The maximum Gasteiger partial charge on any atom is 0.269 e. The van der Waals surface area contributed by atoms with Crippen molar-refractivity contribution in [2.24, 2.45) is 5.73 Å². The van der Waals surface area contributed by atoms with Crippen LogP contribution in [0.15, 0.2) is 18.5 Å². The third kappa shape index (κ3) is 2.61. The summed E-state index contributed by atoms with van der Waals surface area (Å²) in [4.78, 5) is 36.2. The Hall–Kier alpha value is -2.97. The topological polar surface area (TPSA) is 110 Å². The van der Waals surface area contributed by atoms with Gasteiger partial charge in [0.25, 0.3) is 11.9 Å². The number of anilines is 2. The van der Waals surface area contributed by atoms with Crippen LogP contribution in [0.1, 0.15) is 36.2 Å². The normalized spacial score (nSPS) is 17.9. The van der Waals surface area contributed by atoms with Crippen molar-refractivity contribution in [3.05, 3.63) is 24.2 Å². The van der Waals surface area contributed by atoms with Gasteiger partial charge in [0, 0.05) is 19.3 Å². The van der Waals surface area contributed by atoms with E-state index >= 15 is 0 Å². The second-order valence-corrected chi connectivity index (χ2v) is 6.41. The zero-order chi connectivity index (χ0) is 17.6. The first-order valence-electron chi connectivity index (χ1n) is 8.30. The summed E-state index contributed by atoms with van der Waals surface area (Å²) in [6, 6.07) is 1.84. The number of amides is 2. The Morgan fingerprint density at radius 3 is 2.76 bits per heavy atom. The van der Waals surface area contributed by atoms with Crippen LogP contribution in [0.2, 0.25) is 0 Å². The first-order valence-corrected chi connectivity index (χ1v) is 8.30. The highest BCUT2D eigenvalue weighted by Gasteiger charge is 2.34. The lowest BCUT2D eigenvalue weighted by molar-refractivity contribution is -0.117. The molecule has 0 unspecified atom stereocenters. The monoisotopic (exact) mass is 341 g/mol. The fourth-order valence-electron chi connectivity index (χ4n) is 3.46. The van der Waals surface area contributed by atoms with Crippen molar-refractivity contribution in [2.75, 3.05) is 23.4 Å². The number of hydrogen-bond acceptors (Lipinski definition) is 6. The van der Waals surface area contributed by atoms with E-state index in [0.29, 0.717) is 24.2 Å². The van der Waals surface area contributed by atoms with E-state index in [9.17, 15) is 9.59 Å². The number of carbonyl (C=O) groups excluding carboxylic acids is 2. The number of carbonyl (C=O) groups is 2. The van der Waals surface area contributed by atoms with Gasteiger partial charge in [-0.1, -0.05) is 12.8 Å². The molecule has 2 N–H and O–H groups in total. The van der Waals surface area contributed by atoms with Gasteiger partial charge in [0.1, 0.15) is 11.4 Å². The first kappa shape index (κ1) is 15.6. The van der Waals surface area contributed by atoms with E-state index in [0.717, 1.165) is 18.7 Å². The number of hydrogen-bond donors (Lipinski definition) is 1. The molecule has 9 nitrogen and oxygen atoms in total. The average Bonchev–Trinajstić information content (AvgIpc) is 3.29. The number of likely N-dealkylation sites (N-methyl/N-ethyl adjacent to an activating group) is 1. The van der Waals surface area contributed by atoms with Crippen LogP contribution >= 0.6 is 0 Å². The van der Waals surface area contributed by atoms with Crippen LogP contribution in [0, 0.1) is 0 Å². The van der Waals surface area contributed by atoms with Gasteiger partial charge in [0.2, 0.25) is 5.91 Å². The zero-order valence-corrected chi connectivity index (χ0v) is 13.9. The summed E-state index contributed by atoms with van der Waals surface area (Å²) < 4.78 is 1.42. The second kappa shape index (κ2) is 5.83. The Bertz CT molecular complexity index is 841. The van der Waals surface area contributed by atoms with E-state index in [1.165, 1.54) is 23.6 Å². The minimum absolute atomic E-state index is 0.0332. The van der Waals surface area contributed by atoms with Crippen molar-refractivity contribution in [1.82, 2.24) is 19.7 Å². The quantitative estimate of drug-likeness (QED) is 0.870. The van der Waals surface area contributed by atoms with Crippen molar-refractivity contribution in [3.8, 4) is 5.95 Å². The van der Waals surface area contributed by atoms with Crippen molar-refractivity contribution in [3.63, 3.8) is 0 Å². The van der Waals surface area contributed by atoms with Crippen LogP contribution in [-0.4, -0.2) is 51.2 Å². The van der Waals surface area contributed by atoms with E-state index in [1.807, 2.05) is 0 Å². The Balaban J connectivity index is 1.76. The second-order valence-electron chi connectivity index (χ2n) is 6.41. The summed E-state index contributed by atoms with van der Waals surface area (Å²) in [5, 5.41) is 4.10. The van der Waals surface area contributed by atoms with Crippen molar-refractivity contribution in [1.29, 1.82) is 0 Å². The van der Waals surface area contributed by atoms with Gasteiger partial charge in [-0.05, 0) is 18.9 Å². The van der Waals surface area contributed by atoms with Gasteiger partial charge >= 0.3 is 0 Å². The molecule has 1 aliphatic heterocycles. The number of rotatable bonds is 3. The maximum absolute atomic E-state index is 12.3. The number of aromatic nitrogens is 4. The minimum atomic E-state index is -0.602. The SMILES string of the molecule is CN1C(=O)CN(C2CCCC2)c2nc(-n3ccc(C(N)=O)n3)ncc21. The summed E-state index contributed by atoms with van der Waals surface area (Å²) in [5.74, 6) is 0.507. The molecule has 0 bridgehead atoms. The van der Waals surface area contributed by atoms with Crippen LogP contribution in [0.5, 0.6) is 0 Å². The zero-order valence-electron chi connectivity index (χ0n) is 13.9. The fraction of sp³-hybridized carbons (Fsp3) is 0.438. The van der Waals surface area contributed by atoms with Crippen LogP contribution < -0.4 is 15.5 Å². The molecular weight excluding hydrogens is 322 g/mol. The fourth-order valence-corrected chi connectivity index (χ4v) is 3.46. The van der Waals surface area contributed by atoms with Gasteiger partial charge in [-0.25, -0.2) is 9.67 Å². The van der Waals surface area contributed by atoms with Crippen LogP contribution in [-0.2, 0) is 4.79 Å². The largest absolute Gasteiger partial charge is 0.364 e. The molecule has 2 aromatic rings. The molecule has 0 saturated heterocycles. The predicted molar refractivity (Wildman–Crippen MR) is 90.7 cm³/mol. The molecule has 25 heavy (non-hydrogen) atoms. The summed E-state index contributed by atoms with van der Waals surface area (Å²) >= 11 is 0. The Labute approximate surface area is 144 Å². The standard InChI is InChI=1S/C16H19N7O2/c1-21-12-8-18-16(23-7-6-11(20-23)14(17)25)19-15(12)22(9-13(21)24)10-4-2-3-5-10/h6-8,10H,2-5,9H2,1H3,(H2,17,25). The summed E-state index contributed by atoms with van der Waals surface area (Å²) in [6.07, 6.45) is 7.67. The van der Waals surface area contributed by atoms with Gasteiger partial charge in [-0.15, -0.1) is 0 Å². The molecule has 1 saturated carbocycles. The Morgan fingerprint density at radius 1 is 1.32 bits per heavy atom. The van der Waals surface area contributed by atoms with Gasteiger partial charge in [-0.3, -0.25) is 9.59 Å². The van der Waals surface area contributed by atoms with E-state index in [-0.39, 0.29) is 11.6 Å². The Morgan fingerprint density at radius 2 is 2.08 bits per heavy atom. The molecule has 9 heteroatoms. The minimum Gasteiger partial charge on any atom is -0.364 e. The summed E-state index contributed by atoms with van der Waals surface area (Å²) in [7, 11) is 1.73. The molecule has 0 atom stereocenters. The summed E-state index contributed by atoms with van der Waals surface area (Å²) in [6.45, 7) is 0.316. The molecule has 2 aliphatic rings. The smallest absolute Gasteiger partial charge is 0.269 e. The number of nitrogens with zero attached hydrogens (tertiary/aromatic N) is 6. The van der Waals surface area contributed by atoms with E-state index in [4.69, 9.17) is 5.73 Å². The molecular formula is C16H19N7O2. The lowest BCUT2D eigenvalue weighted by Gasteiger charge is -2.37. The molecule has 0 radical (unpaired) electrons. The van der Waals surface area contributed by atoms with Crippen LogP contribution in [0.4, 0.5) is 11.5 Å². The third-order valence-electron chi connectivity index (χ3n) is 4.86. The highest BCUT2D eigenvalue weighted by molar-refractivity contribution is 6.02. The van der Waals surface area contributed by atoms with E-state index in [2.05, 4.69) is 20.0 Å². The average molecular weight is 341 g/mol. The molecule has 1 fully saturated rings. The molecule has 0 aromatic carbocycles. The molecule has 0 spiro atoms. The molecule has 4 rings (SSSR count). The first-order chi connectivity index (χ1) is 12.0. The van der Waals surface area contributed by atoms with Crippen molar-refractivity contribution < 1.29 is 9.59 Å². The predicted octanol–water partition coefficient (Wildman–Crippen LogP) is 0.487. The maximum atomic E-state index is 12.3. The number of nitrogens with two attached hydrogens (primary N) is 1. The molecule has 130 valence electrons. The van der Waals surface area contributed by atoms with Gasteiger partial charge < -0.3 is 15.5 Å². The van der Waals surface area contributed by atoms with Crippen LogP contribution in [0.3, 0.4) is 0 Å². The van der Waals surface area contributed by atoms with E-state index < -0.39 is 5.91 Å². The summed E-state index contributed by atoms with van der Waals surface area (Å²) in [5.41, 5.74) is 6.09. The lowest BCUT2D eigenvalue weighted by Crippen LogP contribution is -2.48. The molecule has 1 aliphatic carbocycles. The molecule has 2 amide bonds. The van der Waals surface area contributed by atoms with E-state index in [1.54, 1.807) is 24.3 Å². The number of fused-ring (bicyclic) bond motifs is 1. The third-order valence-corrected chi connectivity index (χ3v) is 4.86. The van der Waals surface area contributed by atoms with Gasteiger partial charge in [-0.2, -0.15) is 10.1 Å².